The van der Waals surface area contributed by atoms with Gasteiger partial charge in [0.05, 0.1) is 28.9 Å². The number of hydrogen-bond donors (Lipinski definition) is 1. The Balaban J connectivity index is 1.85. The van der Waals surface area contributed by atoms with Crippen molar-refractivity contribution in [3.05, 3.63) is 53.1 Å². The molecule has 0 radical (unpaired) electrons. The molecule has 3 aromatic rings. The topological polar surface area (TPSA) is 91.3 Å². The fraction of sp³-hybridized carbons (Fsp3) is 0.250. The third-order valence-electron chi connectivity index (χ3n) is 4.35. The number of nitrogens with zero attached hydrogens (tertiary/aromatic N) is 2. The van der Waals surface area contributed by atoms with Gasteiger partial charge >= 0.3 is 6.18 Å². The molecule has 0 saturated heterocycles. The highest BCUT2D eigenvalue weighted by atomic mass is 35.5. The van der Waals surface area contributed by atoms with E-state index in [2.05, 4.69) is 10.6 Å². The second-order valence-corrected chi connectivity index (χ2v) is 8.09. The van der Waals surface area contributed by atoms with Gasteiger partial charge in [-0.2, -0.15) is 13.2 Å². The molecule has 1 heterocycles. The van der Waals surface area contributed by atoms with Crippen LogP contribution in [0.5, 0.6) is 11.7 Å². The van der Waals surface area contributed by atoms with Crippen LogP contribution in [0.15, 0.2) is 52.0 Å². The van der Waals surface area contributed by atoms with Crippen LogP contribution in [-0.4, -0.2) is 23.5 Å². The molecule has 32 heavy (non-hydrogen) atoms. The number of halogens is 4. The number of nitrogens with one attached hydrogen (secondary N) is 1. The predicted molar refractivity (Wildman–Crippen MR) is 109 cm³/mol. The van der Waals surface area contributed by atoms with Crippen molar-refractivity contribution in [2.45, 2.75) is 29.8 Å². The van der Waals surface area contributed by atoms with Crippen molar-refractivity contribution in [2.24, 2.45) is 0 Å². The summed E-state index contributed by atoms with van der Waals surface area (Å²) in [6, 6.07) is 9.63. The smallest absolute Gasteiger partial charge is 0.418 e. The van der Waals surface area contributed by atoms with E-state index < -0.39 is 34.5 Å². The lowest BCUT2D eigenvalue weighted by Gasteiger charge is -2.17. The largest absolute Gasteiger partial charge is 0.538 e. The van der Waals surface area contributed by atoms with Crippen LogP contribution < -0.4 is 19.8 Å². The highest BCUT2D eigenvalue weighted by Crippen LogP contribution is 2.37. The molecule has 0 aliphatic rings. The van der Waals surface area contributed by atoms with E-state index in [4.69, 9.17) is 20.9 Å². The van der Waals surface area contributed by atoms with E-state index in [9.17, 15) is 23.1 Å². The van der Waals surface area contributed by atoms with Crippen LogP contribution in [0.1, 0.15) is 18.9 Å². The Hall–Kier alpha value is -2.92. The summed E-state index contributed by atoms with van der Waals surface area (Å²) in [4.78, 5) is 12.8. The van der Waals surface area contributed by atoms with Crippen molar-refractivity contribution in [2.75, 3.05) is 12.4 Å². The second-order valence-electron chi connectivity index (χ2n) is 6.47. The number of alkyl halides is 3. The minimum atomic E-state index is -4.71. The van der Waals surface area contributed by atoms with Gasteiger partial charge in [0.2, 0.25) is 11.6 Å². The molecule has 0 saturated carbocycles. The number of thioether (sulfide) groups is 1. The number of rotatable bonds is 7. The van der Waals surface area contributed by atoms with Gasteiger partial charge in [0.1, 0.15) is 5.75 Å². The summed E-state index contributed by atoms with van der Waals surface area (Å²) in [5, 5.41) is 17.2. The molecule has 3 rings (SSSR count). The molecule has 1 unspecified atom stereocenters. The van der Waals surface area contributed by atoms with E-state index in [1.807, 2.05) is 0 Å². The lowest BCUT2D eigenvalue weighted by atomic mass is 10.1. The summed E-state index contributed by atoms with van der Waals surface area (Å²) >= 11 is 6.52. The van der Waals surface area contributed by atoms with Gasteiger partial charge < -0.3 is 19.7 Å². The number of methoxy groups -OCH3 is 1. The van der Waals surface area contributed by atoms with Gasteiger partial charge in [-0.25, -0.2) is 0 Å². The molecule has 1 aromatic heterocycles. The van der Waals surface area contributed by atoms with Crippen molar-refractivity contribution in [3.8, 4) is 17.4 Å². The minimum Gasteiger partial charge on any atom is -0.538 e. The molecule has 1 atom stereocenters. The Bertz CT molecular complexity index is 1110. The molecule has 0 fully saturated rings. The van der Waals surface area contributed by atoms with Crippen molar-refractivity contribution < 1.29 is 37.0 Å². The van der Waals surface area contributed by atoms with Crippen molar-refractivity contribution >= 4 is 35.0 Å². The van der Waals surface area contributed by atoms with E-state index >= 15 is 0 Å². The fourth-order valence-corrected chi connectivity index (χ4v) is 3.90. The quantitative estimate of drug-likeness (QED) is 0.396. The monoisotopic (exact) mass is 487 g/mol. The predicted octanol–water partition coefficient (Wildman–Crippen LogP) is 4.22. The van der Waals surface area contributed by atoms with Crippen molar-refractivity contribution in [3.63, 3.8) is 0 Å². The van der Waals surface area contributed by atoms with Crippen molar-refractivity contribution in [1.82, 2.24) is 5.27 Å². The SMILES string of the molecule is CCC(Sc1c([O-])on[n+]1-c1ccc(OC)cc1)C(=O)Nc1ccc(Cl)cc1C(F)(F)F. The number of benzene rings is 2. The van der Waals surface area contributed by atoms with Crippen LogP contribution in [0.2, 0.25) is 5.02 Å². The number of anilines is 1. The number of ether oxygens (including phenoxy) is 1. The maximum absolute atomic E-state index is 13.3. The summed E-state index contributed by atoms with van der Waals surface area (Å²) in [5.41, 5.74) is -1.02. The zero-order valence-corrected chi connectivity index (χ0v) is 18.3. The summed E-state index contributed by atoms with van der Waals surface area (Å²) in [6.07, 6.45) is -4.49. The summed E-state index contributed by atoms with van der Waals surface area (Å²) < 4.78 is 51.0. The maximum Gasteiger partial charge on any atom is 0.418 e. The maximum atomic E-state index is 13.3. The van der Waals surface area contributed by atoms with Gasteiger partial charge in [-0.1, -0.05) is 18.5 Å². The first-order valence-electron chi connectivity index (χ1n) is 9.21. The summed E-state index contributed by atoms with van der Waals surface area (Å²) in [6.45, 7) is 1.67. The van der Waals surface area contributed by atoms with Gasteiger partial charge in [0, 0.05) is 17.2 Å². The van der Waals surface area contributed by atoms with Gasteiger partial charge in [-0.3, -0.25) is 4.79 Å². The highest BCUT2D eigenvalue weighted by Gasteiger charge is 2.35. The standard InChI is InChI=1S/C20H17ClF3N3O4S/c1-3-16(17(28)25-15-9-4-11(21)10-14(15)20(22,23)24)32-18-19(29)31-26-27(18)12-5-7-13(30-2)8-6-12/h4-10,16H,3H2,1-2H3,(H-,25,26,28,29). The van der Waals surface area contributed by atoms with Crippen LogP contribution in [0.3, 0.4) is 0 Å². The van der Waals surface area contributed by atoms with E-state index in [0.29, 0.717) is 11.4 Å². The van der Waals surface area contributed by atoms with Crippen LogP contribution in [0.4, 0.5) is 18.9 Å². The number of carbonyl (C=O) groups is 1. The van der Waals surface area contributed by atoms with E-state index in [0.717, 1.165) is 23.9 Å². The molecule has 0 bridgehead atoms. The lowest BCUT2D eigenvalue weighted by molar-refractivity contribution is -0.705. The van der Waals surface area contributed by atoms with Crippen LogP contribution in [-0.2, 0) is 11.0 Å². The van der Waals surface area contributed by atoms with Gasteiger partial charge in [-0.15, -0.1) is 0 Å². The first kappa shape index (κ1) is 23.7. The van der Waals surface area contributed by atoms with Crippen LogP contribution >= 0.6 is 23.4 Å². The average Bonchev–Trinajstić information content (AvgIpc) is 3.12. The molecule has 0 spiro atoms. The van der Waals surface area contributed by atoms with Crippen LogP contribution in [0, 0.1) is 0 Å². The number of hydrogen-bond acceptors (Lipinski definition) is 6. The highest BCUT2D eigenvalue weighted by molar-refractivity contribution is 8.00. The first-order chi connectivity index (χ1) is 15.1. The number of carbonyl (C=O) groups excluding carboxylic acids is 1. The molecule has 0 aliphatic carbocycles. The zero-order chi connectivity index (χ0) is 23.5. The number of amides is 1. The molecular weight excluding hydrogens is 471 g/mol. The van der Waals surface area contributed by atoms with Crippen LogP contribution in [0.25, 0.3) is 5.69 Å². The molecule has 170 valence electrons. The number of aromatic nitrogens is 2. The fourth-order valence-electron chi connectivity index (χ4n) is 2.76. The third-order valence-corrected chi connectivity index (χ3v) is 5.98. The van der Waals surface area contributed by atoms with E-state index in [1.54, 1.807) is 31.2 Å². The van der Waals surface area contributed by atoms with E-state index in [1.165, 1.54) is 17.9 Å². The van der Waals surface area contributed by atoms with Gasteiger partial charge in [-0.05, 0) is 53.2 Å². The molecule has 2 aromatic carbocycles. The minimum absolute atomic E-state index is 0.00400. The van der Waals surface area contributed by atoms with Gasteiger partial charge in [0.15, 0.2) is 5.95 Å². The molecule has 7 nitrogen and oxygen atoms in total. The van der Waals surface area contributed by atoms with Gasteiger partial charge in [0.25, 0.3) is 5.03 Å². The summed E-state index contributed by atoms with van der Waals surface area (Å²) in [7, 11) is 1.50. The van der Waals surface area contributed by atoms with Crippen molar-refractivity contribution in [1.29, 1.82) is 0 Å². The lowest BCUT2D eigenvalue weighted by Crippen LogP contribution is -2.36. The molecule has 1 amide bonds. The summed E-state index contributed by atoms with van der Waals surface area (Å²) in [5.74, 6) is -0.907. The van der Waals surface area contributed by atoms with E-state index in [-0.39, 0.29) is 16.5 Å². The Morgan fingerprint density at radius 3 is 2.59 bits per heavy atom. The molecule has 0 aliphatic heterocycles. The third kappa shape index (κ3) is 5.28. The Morgan fingerprint density at radius 1 is 1.31 bits per heavy atom. The first-order valence-corrected chi connectivity index (χ1v) is 10.5. The molecular formula is C20H17ClF3N3O4S. The Kier molecular flexibility index (Phi) is 7.19. The zero-order valence-electron chi connectivity index (χ0n) is 16.8. The molecule has 1 N–H and O–H groups in total. The average molecular weight is 488 g/mol. The Labute approximate surface area is 190 Å². The normalized spacial score (nSPS) is 12.4. The molecule has 12 heteroatoms. The second kappa shape index (κ2) is 9.70. The Morgan fingerprint density at radius 2 is 2.00 bits per heavy atom.